The van der Waals surface area contributed by atoms with Gasteiger partial charge in [-0.05, 0) is 48.9 Å². The Morgan fingerprint density at radius 3 is 2.52 bits per heavy atom. The zero-order chi connectivity index (χ0) is 15.4. The van der Waals surface area contributed by atoms with E-state index in [0.29, 0.717) is 18.7 Å². The van der Waals surface area contributed by atoms with E-state index in [2.05, 4.69) is 0 Å². The van der Waals surface area contributed by atoms with E-state index < -0.39 is 0 Å². The number of rotatable bonds is 5. The molecule has 2 nitrogen and oxygen atoms in total. The van der Waals surface area contributed by atoms with Crippen molar-refractivity contribution in [3.63, 3.8) is 0 Å². The van der Waals surface area contributed by atoms with Gasteiger partial charge in [-0.2, -0.15) is 0 Å². The minimum absolute atomic E-state index is 0.108. The molecular formula is C17H20F2N2. The minimum atomic E-state index is -0.258. The summed E-state index contributed by atoms with van der Waals surface area (Å²) in [6, 6.07) is 11.5. The van der Waals surface area contributed by atoms with E-state index in [1.807, 2.05) is 24.1 Å². The molecular weight excluding hydrogens is 270 g/mol. The van der Waals surface area contributed by atoms with Gasteiger partial charge in [-0.3, -0.25) is 4.90 Å². The van der Waals surface area contributed by atoms with Gasteiger partial charge in [0.2, 0.25) is 0 Å². The van der Waals surface area contributed by atoms with E-state index in [-0.39, 0.29) is 17.7 Å². The lowest BCUT2D eigenvalue weighted by Crippen LogP contribution is -2.30. The molecule has 1 atom stereocenters. The molecule has 0 aromatic heterocycles. The molecule has 1 unspecified atom stereocenters. The van der Waals surface area contributed by atoms with Crippen LogP contribution in [0.25, 0.3) is 0 Å². The number of hydrogen-bond donors (Lipinski definition) is 1. The van der Waals surface area contributed by atoms with Crippen LogP contribution < -0.4 is 5.73 Å². The van der Waals surface area contributed by atoms with Gasteiger partial charge in [0.1, 0.15) is 11.6 Å². The third kappa shape index (κ3) is 3.86. The first-order valence-electron chi connectivity index (χ1n) is 6.92. The lowest BCUT2D eigenvalue weighted by atomic mass is 10.0. The highest BCUT2D eigenvalue weighted by Gasteiger charge is 2.17. The highest BCUT2D eigenvalue weighted by atomic mass is 19.1. The second-order valence-electron chi connectivity index (χ2n) is 5.31. The number of nitrogens with zero attached hydrogens (tertiary/aromatic N) is 1. The number of hydrogen-bond acceptors (Lipinski definition) is 2. The van der Waals surface area contributed by atoms with Crippen LogP contribution >= 0.6 is 0 Å². The third-order valence-electron chi connectivity index (χ3n) is 3.66. The zero-order valence-corrected chi connectivity index (χ0v) is 12.3. The van der Waals surface area contributed by atoms with Crippen LogP contribution in [0.2, 0.25) is 0 Å². The Kier molecular flexibility index (Phi) is 5.04. The molecule has 2 aromatic carbocycles. The van der Waals surface area contributed by atoms with Crippen LogP contribution in [0.4, 0.5) is 8.78 Å². The SMILES string of the molecule is Cc1ccc(C(CN)N(C)Cc2cccc(F)c2)cc1F. The van der Waals surface area contributed by atoms with Gasteiger partial charge >= 0.3 is 0 Å². The van der Waals surface area contributed by atoms with Crippen molar-refractivity contribution < 1.29 is 8.78 Å². The van der Waals surface area contributed by atoms with Gasteiger partial charge < -0.3 is 5.73 Å². The predicted molar refractivity (Wildman–Crippen MR) is 80.8 cm³/mol. The summed E-state index contributed by atoms with van der Waals surface area (Å²) in [5.41, 5.74) is 8.15. The van der Waals surface area contributed by atoms with E-state index in [1.54, 1.807) is 19.1 Å². The van der Waals surface area contributed by atoms with Gasteiger partial charge in [-0.15, -0.1) is 0 Å². The first-order valence-corrected chi connectivity index (χ1v) is 6.92. The van der Waals surface area contributed by atoms with Gasteiger partial charge in [0.15, 0.2) is 0 Å². The minimum Gasteiger partial charge on any atom is -0.329 e. The first-order chi connectivity index (χ1) is 10.0. The molecule has 0 aliphatic rings. The molecule has 0 aliphatic heterocycles. The highest BCUT2D eigenvalue weighted by molar-refractivity contribution is 5.26. The summed E-state index contributed by atoms with van der Waals surface area (Å²) in [5, 5.41) is 0. The third-order valence-corrected chi connectivity index (χ3v) is 3.66. The molecule has 0 fully saturated rings. The topological polar surface area (TPSA) is 29.3 Å². The predicted octanol–water partition coefficient (Wildman–Crippen LogP) is 3.41. The molecule has 2 rings (SSSR count). The standard InChI is InChI=1S/C17H20F2N2/c1-12-6-7-14(9-16(12)19)17(10-20)21(2)11-13-4-3-5-15(18)8-13/h3-9,17H,10-11,20H2,1-2H3. The molecule has 2 aromatic rings. The van der Waals surface area contributed by atoms with Gasteiger partial charge in [0.25, 0.3) is 0 Å². The maximum absolute atomic E-state index is 13.7. The molecule has 21 heavy (non-hydrogen) atoms. The normalized spacial score (nSPS) is 12.7. The van der Waals surface area contributed by atoms with Crippen LogP contribution in [0.15, 0.2) is 42.5 Å². The van der Waals surface area contributed by atoms with Crippen molar-refractivity contribution in [2.75, 3.05) is 13.6 Å². The molecule has 0 radical (unpaired) electrons. The summed E-state index contributed by atoms with van der Waals surface area (Å²) in [4.78, 5) is 2.00. The Bertz CT molecular complexity index is 613. The molecule has 0 bridgehead atoms. The first kappa shape index (κ1) is 15.6. The largest absolute Gasteiger partial charge is 0.329 e. The van der Waals surface area contributed by atoms with Crippen molar-refractivity contribution in [3.8, 4) is 0 Å². The van der Waals surface area contributed by atoms with Gasteiger partial charge in [0.05, 0.1) is 0 Å². The Hall–Kier alpha value is -1.78. The summed E-state index contributed by atoms with van der Waals surface area (Å²) in [5.74, 6) is -0.489. The lowest BCUT2D eigenvalue weighted by Gasteiger charge is -2.27. The van der Waals surface area contributed by atoms with E-state index in [4.69, 9.17) is 5.73 Å². The summed E-state index contributed by atoms with van der Waals surface area (Å²) < 4.78 is 26.9. The van der Waals surface area contributed by atoms with Crippen LogP contribution in [0.3, 0.4) is 0 Å². The van der Waals surface area contributed by atoms with Crippen LogP contribution in [0, 0.1) is 18.6 Å². The van der Waals surface area contributed by atoms with E-state index in [0.717, 1.165) is 11.1 Å². The number of benzene rings is 2. The van der Waals surface area contributed by atoms with Crippen molar-refractivity contribution in [3.05, 3.63) is 70.8 Å². The second-order valence-corrected chi connectivity index (χ2v) is 5.31. The number of nitrogens with two attached hydrogens (primary N) is 1. The molecule has 2 N–H and O–H groups in total. The number of likely N-dealkylation sites (N-methyl/N-ethyl adjacent to an activating group) is 1. The quantitative estimate of drug-likeness (QED) is 0.914. The summed E-state index contributed by atoms with van der Waals surface area (Å²) in [6.07, 6.45) is 0. The molecule has 112 valence electrons. The fraction of sp³-hybridized carbons (Fsp3) is 0.294. The van der Waals surface area contributed by atoms with Crippen molar-refractivity contribution in [1.82, 2.24) is 4.90 Å². The fourth-order valence-corrected chi connectivity index (χ4v) is 2.42. The molecule has 0 saturated carbocycles. The van der Waals surface area contributed by atoms with Crippen LogP contribution in [0.5, 0.6) is 0 Å². The molecule has 0 heterocycles. The summed E-state index contributed by atoms with van der Waals surface area (Å²) >= 11 is 0. The number of aryl methyl sites for hydroxylation is 1. The Balaban J connectivity index is 2.18. The summed E-state index contributed by atoms with van der Waals surface area (Å²) in [7, 11) is 1.90. The van der Waals surface area contributed by atoms with Crippen molar-refractivity contribution in [1.29, 1.82) is 0 Å². The molecule has 0 saturated heterocycles. The average molecular weight is 290 g/mol. The number of halogens is 2. The lowest BCUT2D eigenvalue weighted by molar-refractivity contribution is 0.241. The van der Waals surface area contributed by atoms with Gasteiger partial charge in [0, 0.05) is 19.1 Å². The second kappa shape index (κ2) is 6.78. The Morgan fingerprint density at radius 1 is 1.14 bits per heavy atom. The smallest absolute Gasteiger partial charge is 0.126 e. The molecule has 0 amide bonds. The van der Waals surface area contributed by atoms with E-state index in [1.165, 1.54) is 18.2 Å². The highest BCUT2D eigenvalue weighted by Crippen LogP contribution is 2.22. The Morgan fingerprint density at radius 2 is 1.90 bits per heavy atom. The average Bonchev–Trinajstić information content (AvgIpc) is 2.43. The Labute approximate surface area is 124 Å². The maximum atomic E-state index is 13.7. The van der Waals surface area contributed by atoms with Crippen molar-refractivity contribution in [2.24, 2.45) is 5.73 Å². The van der Waals surface area contributed by atoms with Crippen LogP contribution in [-0.4, -0.2) is 18.5 Å². The van der Waals surface area contributed by atoms with Crippen LogP contribution in [-0.2, 0) is 6.54 Å². The van der Waals surface area contributed by atoms with E-state index >= 15 is 0 Å². The van der Waals surface area contributed by atoms with Gasteiger partial charge in [-0.25, -0.2) is 8.78 Å². The molecule has 0 aliphatic carbocycles. The monoisotopic (exact) mass is 290 g/mol. The molecule has 0 spiro atoms. The fourth-order valence-electron chi connectivity index (χ4n) is 2.42. The summed E-state index contributed by atoms with van der Waals surface area (Å²) in [6.45, 7) is 2.65. The maximum Gasteiger partial charge on any atom is 0.126 e. The van der Waals surface area contributed by atoms with Crippen LogP contribution in [0.1, 0.15) is 22.7 Å². The molecule has 4 heteroatoms. The van der Waals surface area contributed by atoms with Crippen molar-refractivity contribution >= 4 is 0 Å². The zero-order valence-electron chi connectivity index (χ0n) is 12.3. The van der Waals surface area contributed by atoms with E-state index in [9.17, 15) is 8.78 Å². The van der Waals surface area contributed by atoms with Gasteiger partial charge in [-0.1, -0.05) is 24.3 Å². The van der Waals surface area contributed by atoms with Crippen molar-refractivity contribution in [2.45, 2.75) is 19.5 Å².